The average Bonchev–Trinajstić information content (AvgIpc) is 2.53. The van der Waals surface area contributed by atoms with E-state index in [0.29, 0.717) is 0 Å². The third-order valence-electron chi connectivity index (χ3n) is 3.68. The number of hydrogen-bond donors (Lipinski definition) is 0. The molecule has 0 spiro atoms. The SMILES string of the molecule is COc1cccc(C2CCc3cccc(OC)c3O2)c1. The number of hydrogen-bond acceptors (Lipinski definition) is 3. The van der Waals surface area contributed by atoms with E-state index in [1.54, 1.807) is 14.2 Å². The quantitative estimate of drug-likeness (QED) is 0.849. The van der Waals surface area contributed by atoms with E-state index in [9.17, 15) is 0 Å². The number of para-hydroxylation sites is 1. The Kier molecular flexibility index (Phi) is 3.50. The minimum Gasteiger partial charge on any atom is -0.497 e. The molecule has 2 aromatic rings. The molecule has 0 amide bonds. The summed E-state index contributed by atoms with van der Waals surface area (Å²) >= 11 is 0. The Hall–Kier alpha value is -2.16. The molecule has 0 bridgehead atoms. The van der Waals surface area contributed by atoms with Gasteiger partial charge >= 0.3 is 0 Å². The summed E-state index contributed by atoms with van der Waals surface area (Å²) in [6, 6.07) is 14.1. The second-order valence-corrected chi connectivity index (χ2v) is 4.87. The fraction of sp³-hybridized carbons (Fsp3) is 0.294. The van der Waals surface area contributed by atoms with Gasteiger partial charge in [-0.3, -0.25) is 0 Å². The maximum absolute atomic E-state index is 6.16. The van der Waals surface area contributed by atoms with Crippen LogP contribution in [0.25, 0.3) is 0 Å². The zero-order valence-corrected chi connectivity index (χ0v) is 11.8. The van der Waals surface area contributed by atoms with Gasteiger partial charge in [-0.05, 0) is 42.2 Å². The van der Waals surface area contributed by atoms with Gasteiger partial charge in [-0.15, -0.1) is 0 Å². The summed E-state index contributed by atoms with van der Waals surface area (Å²) in [5.41, 5.74) is 2.35. The highest BCUT2D eigenvalue weighted by atomic mass is 16.5. The van der Waals surface area contributed by atoms with E-state index in [4.69, 9.17) is 14.2 Å². The molecule has 0 saturated heterocycles. The van der Waals surface area contributed by atoms with Crippen molar-refractivity contribution >= 4 is 0 Å². The van der Waals surface area contributed by atoms with Gasteiger partial charge in [0.2, 0.25) is 0 Å². The van der Waals surface area contributed by atoms with Crippen LogP contribution >= 0.6 is 0 Å². The van der Waals surface area contributed by atoms with Crippen molar-refractivity contribution in [1.82, 2.24) is 0 Å². The molecule has 1 unspecified atom stereocenters. The van der Waals surface area contributed by atoms with Crippen LogP contribution in [0.3, 0.4) is 0 Å². The number of methoxy groups -OCH3 is 2. The summed E-state index contributed by atoms with van der Waals surface area (Å²) in [6.45, 7) is 0. The number of rotatable bonds is 3. The van der Waals surface area contributed by atoms with Crippen molar-refractivity contribution in [2.75, 3.05) is 14.2 Å². The van der Waals surface area contributed by atoms with Crippen molar-refractivity contribution in [2.24, 2.45) is 0 Å². The van der Waals surface area contributed by atoms with Gasteiger partial charge < -0.3 is 14.2 Å². The standard InChI is InChI=1S/C17H18O3/c1-18-14-7-3-6-13(11-14)15-10-9-12-5-4-8-16(19-2)17(12)20-15/h3-8,11,15H,9-10H2,1-2H3. The number of fused-ring (bicyclic) bond motifs is 1. The molecule has 104 valence electrons. The fourth-order valence-corrected chi connectivity index (χ4v) is 2.62. The van der Waals surface area contributed by atoms with E-state index in [-0.39, 0.29) is 6.10 Å². The minimum atomic E-state index is 0.0499. The van der Waals surface area contributed by atoms with Crippen molar-refractivity contribution in [2.45, 2.75) is 18.9 Å². The lowest BCUT2D eigenvalue weighted by atomic mass is 9.97. The van der Waals surface area contributed by atoms with Crippen molar-refractivity contribution in [3.8, 4) is 17.2 Å². The predicted octanol–water partition coefficient (Wildman–Crippen LogP) is 3.77. The highest BCUT2D eigenvalue weighted by Gasteiger charge is 2.24. The van der Waals surface area contributed by atoms with Crippen molar-refractivity contribution < 1.29 is 14.2 Å². The first-order valence-electron chi connectivity index (χ1n) is 6.78. The Labute approximate surface area is 119 Å². The summed E-state index contributed by atoms with van der Waals surface area (Å²) in [5.74, 6) is 2.53. The lowest BCUT2D eigenvalue weighted by molar-refractivity contribution is 0.168. The van der Waals surface area contributed by atoms with Crippen LogP contribution < -0.4 is 14.2 Å². The van der Waals surface area contributed by atoms with Gasteiger partial charge in [-0.2, -0.15) is 0 Å². The molecule has 0 aromatic heterocycles. The Morgan fingerprint density at radius 2 is 1.90 bits per heavy atom. The summed E-state index contributed by atoms with van der Waals surface area (Å²) < 4.78 is 16.8. The zero-order chi connectivity index (χ0) is 13.9. The van der Waals surface area contributed by atoms with Gasteiger partial charge in [0.05, 0.1) is 14.2 Å². The molecule has 1 heterocycles. The Morgan fingerprint density at radius 3 is 2.70 bits per heavy atom. The first-order valence-corrected chi connectivity index (χ1v) is 6.78. The summed E-state index contributed by atoms with van der Waals surface area (Å²) in [6.07, 6.45) is 2.01. The minimum absolute atomic E-state index is 0.0499. The maximum Gasteiger partial charge on any atom is 0.165 e. The molecule has 0 saturated carbocycles. The van der Waals surface area contributed by atoms with Gasteiger partial charge in [-0.25, -0.2) is 0 Å². The molecule has 0 radical (unpaired) electrons. The Morgan fingerprint density at radius 1 is 1.05 bits per heavy atom. The molecule has 2 aromatic carbocycles. The van der Waals surface area contributed by atoms with Gasteiger partial charge in [-0.1, -0.05) is 24.3 Å². The molecule has 1 aliphatic heterocycles. The highest BCUT2D eigenvalue weighted by molar-refractivity contribution is 5.48. The molecule has 20 heavy (non-hydrogen) atoms. The molecule has 0 N–H and O–H groups in total. The van der Waals surface area contributed by atoms with Gasteiger partial charge in [0.15, 0.2) is 11.5 Å². The first kappa shape index (κ1) is 12.9. The smallest absolute Gasteiger partial charge is 0.165 e. The second kappa shape index (κ2) is 5.45. The van der Waals surface area contributed by atoms with Crippen LogP contribution in [0.2, 0.25) is 0 Å². The summed E-state index contributed by atoms with van der Waals surface area (Å²) in [4.78, 5) is 0. The van der Waals surface area contributed by atoms with Crippen LogP contribution in [0.15, 0.2) is 42.5 Å². The molecule has 1 atom stereocenters. The van der Waals surface area contributed by atoms with E-state index >= 15 is 0 Å². The predicted molar refractivity (Wildman–Crippen MR) is 77.7 cm³/mol. The first-order chi connectivity index (χ1) is 9.81. The van der Waals surface area contributed by atoms with Crippen LogP contribution in [0.4, 0.5) is 0 Å². The third kappa shape index (κ3) is 2.31. The van der Waals surface area contributed by atoms with E-state index in [0.717, 1.165) is 35.7 Å². The van der Waals surface area contributed by atoms with Crippen LogP contribution in [0, 0.1) is 0 Å². The van der Waals surface area contributed by atoms with E-state index in [1.165, 1.54) is 5.56 Å². The molecular formula is C17H18O3. The number of aryl methyl sites for hydroxylation is 1. The highest BCUT2D eigenvalue weighted by Crippen LogP contribution is 2.41. The van der Waals surface area contributed by atoms with E-state index in [1.807, 2.05) is 30.3 Å². The average molecular weight is 270 g/mol. The Balaban J connectivity index is 1.91. The summed E-state index contributed by atoms with van der Waals surface area (Å²) in [5, 5.41) is 0. The molecule has 0 fully saturated rings. The van der Waals surface area contributed by atoms with E-state index < -0.39 is 0 Å². The largest absolute Gasteiger partial charge is 0.497 e. The topological polar surface area (TPSA) is 27.7 Å². The van der Waals surface area contributed by atoms with Crippen molar-refractivity contribution in [3.05, 3.63) is 53.6 Å². The van der Waals surface area contributed by atoms with Gasteiger partial charge in [0.1, 0.15) is 11.9 Å². The third-order valence-corrected chi connectivity index (χ3v) is 3.68. The lowest BCUT2D eigenvalue weighted by Crippen LogP contribution is -2.15. The molecule has 3 nitrogen and oxygen atoms in total. The van der Waals surface area contributed by atoms with Crippen LogP contribution in [-0.4, -0.2) is 14.2 Å². The van der Waals surface area contributed by atoms with E-state index in [2.05, 4.69) is 12.1 Å². The molecular weight excluding hydrogens is 252 g/mol. The summed E-state index contributed by atoms with van der Waals surface area (Å²) in [7, 11) is 3.35. The second-order valence-electron chi connectivity index (χ2n) is 4.87. The Bertz CT molecular complexity index is 593. The number of ether oxygens (including phenoxy) is 3. The van der Waals surface area contributed by atoms with Crippen molar-refractivity contribution in [3.63, 3.8) is 0 Å². The number of benzene rings is 2. The normalized spacial score (nSPS) is 17.0. The van der Waals surface area contributed by atoms with Crippen LogP contribution in [0.5, 0.6) is 17.2 Å². The maximum atomic E-state index is 6.16. The zero-order valence-electron chi connectivity index (χ0n) is 11.8. The molecule has 3 heteroatoms. The molecule has 3 rings (SSSR count). The molecule has 1 aliphatic rings. The van der Waals surface area contributed by atoms with Crippen LogP contribution in [0.1, 0.15) is 23.7 Å². The van der Waals surface area contributed by atoms with Crippen molar-refractivity contribution in [1.29, 1.82) is 0 Å². The fourth-order valence-electron chi connectivity index (χ4n) is 2.62. The lowest BCUT2D eigenvalue weighted by Gasteiger charge is -2.27. The monoisotopic (exact) mass is 270 g/mol. The van der Waals surface area contributed by atoms with Gasteiger partial charge in [0.25, 0.3) is 0 Å². The molecule has 0 aliphatic carbocycles. The van der Waals surface area contributed by atoms with Gasteiger partial charge in [0, 0.05) is 0 Å². The van der Waals surface area contributed by atoms with Crippen LogP contribution in [-0.2, 0) is 6.42 Å².